The van der Waals surface area contributed by atoms with Crippen LogP contribution in [0.15, 0.2) is 24.4 Å². The molecule has 4 rings (SSSR count). The molecule has 3 heterocycles. The molecule has 0 saturated heterocycles. The monoisotopic (exact) mass is 452 g/mol. The van der Waals surface area contributed by atoms with Crippen molar-refractivity contribution >= 4 is 27.6 Å². The maximum atomic E-state index is 12.5. The summed E-state index contributed by atoms with van der Waals surface area (Å²) in [6, 6.07) is 5.54. The highest BCUT2D eigenvalue weighted by atomic mass is 32.1. The Bertz CT molecular complexity index is 987. The Morgan fingerprint density at radius 1 is 1.10 bits per heavy atom. The van der Waals surface area contributed by atoms with Crippen LogP contribution in [-0.2, 0) is 13.0 Å². The van der Waals surface area contributed by atoms with Crippen LogP contribution in [0.5, 0.6) is 0 Å². The maximum Gasteiger partial charge on any atom is 0.401 e. The van der Waals surface area contributed by atoms with Gasteiger partial charge in [0, 0.05) is 25.2 Å². The number of hydrogen-bond acceptors (Lipinski definition) is 8. The normalized spacial score (nSPS) is 19.6. The molecule has 3 N–H and O–H groups in total. The molecular formula is C20H23F3N6OS. The second kappa shape index (κ2) is 9.41. The fraction of sp³-hybridized carbons (Fsp3) is 0.500. The molecule has 7 nitrogen and oxygen atoms in total. The van der Waals surface area contributed by atoms with Gasteiger partial charge in [0.1, 0.15) is 15.4 Å². The van der Waals surface area contributed by atoms with Crippen LogP contribution in [0, 0.1) is 0 Å². The second-order valence-electron chi connectivity index (χ2n) is 7.65. The van der Waals surface area contributed by atoms with Crippen LogP contribution in [0.2, 0.25) is 0 Å². The van der Waals surface area contributed by atoms with E-state index >= 15 is 0 Å². The number of halogens is 3. The summed E-state index contributed by atoms with van der Waals surface area (Å²) in [5.74, 6) is 0.391. The van der Waals surface area contributed by atoms with Gasteiger partial charge in [-0.05, 0) is 43.9 Å². The van der Waals surface area contributed by atoms with Crippen molar-refractivity contribution in [1.29, 1.82) is 0 Å². The third kappa shape index (κ3) is 6.31. The molecule has 0 atom stereocenters. The molecule has 0 bridgehead atoms. The Balaban J connectivity index is 1.52. The van der Waals surface area contributed by atoms with Crippen LogP contribution in [0.4, 0.5) is 19.1 Å². The Labute approximate surface area is 181 Å². The largest absolute Gasteiger partial charge is 0.401 e. The summed E-state index contributed by atoms with van der Waals surface area (Å²) in [5.41, 5.74) is 1.96. The first-order valence-corrected chi connectivity index (χ1v) is 10.9. The van der Waals surface area contributed by atoms with E-state index in [0.717, 1.165) is 28.2 Å². The van der Waals surface area contributed by atoms with Gasteiger partial charge in [0.15, 0.2) is 0 Å². The van der Waals surface area contributed by atoms with Crippen molar-refractivity contribution in [2.75, 3.05) is 11.9 Å². The number of nitrogens with one attached hydrogen (secondary N) is 2. The van der Waals surface area contributed by atoms with E-state index in [2.05, 4.69) is 30.6 Å². The zero-order valence-electron chi connectivity index (χ0n) is 16.7. The molecule has 1 saturated carbocycles. The number of aliphatic hydroxyl groups is 1. The molecule has 1 aliphatic carbocycles. The summed E-state index contributed by atoms with van der Waals surface area (Å²) >= 11 is 1.47. The predicted molar refractivity (Wildman–Crippen MR) is 112 cm³/mol. The summed E-state index contributed by atoms with van der Waals surface area (Å²) in [6.07, 6.45) is 0.580. The quantitative estimate of drug-likeness (QED) is 0.505. The third-order valence-electron chi connectivity index (χ3n) is 5.04. The van der Waals surface area contributed by atoms with Crippen molar-refractivity contribution in [3.05, 3.63) is 40.8 Å². The van der Waals surface area contributed by atoms with Gasteiger partial charge in [-0.1, -0.05) is 11.3 Å². The van der Waals surface area contributed by atoms with E-state index in [0.29, 0.717) is 36.6 Å². The van der Waals surface area contributed by atoms with Crippen molar-refractivity contribution in [2.24, 2.45) is 0 Å². The molecule has 0 unspecified atom stereocenters. The number of fused-ring (bicyclic) bond motifs is 1. The van der Waals surface area contributed by atoms with Gasteiger partial charge in [-0.15, -0.1) is 0 Å². The van der Waals surface area contributed by atoms with Crippen LogP contribution >= 0.6 is 11.3 Å². The minimum absolute atomic E-state index is 0.0194. The molecule has 1 aliphatic rings. The number of rotatable bonds is 7. The Kier molecular flexibility index (Phi) is 6.63. The van der Waals surface area contributed by atoms with Gasteiger partial charge in [-0.25, -0.2) is 19.9 Å². The first-order valence-electron chi connectivity index (χ1n) is 10.1. The zero-order valence-corrected chi connectivity index (χ0v) is 17.5. The number of alkyl halides is 3. The van der Waals surface area contributed by atoms with Crippen molar-refractivity contribution < 1.29 is 18.3 Å². The standard InChI is InChI=1S/C20H23F3N6OS/c21-20(22,23)11-24-10-14-8-13(9-17-29-16-2-1-7-25-18(16)31-17)27-19(28-14)26-12-3-5-15(30)6-4-12/h1-2,7-8,12,15,24,30H,3-6,9-11H2,(H,26,27,28). The SMILES string of the molecule is OC1CCC(Nc2nc(CNCC(F)(F)F)cc(Cc3nc4cccnc4s3)n2)CC1. The maximum absolute atomic E-state index is 12.5. The van der Waals surface area contributed by atoms with E-state index < -0.39 is 12.7 Å². The minimum Gasteiger partial charge on any atom is -0.393 e. The third-order valence-corrected chi connectivity index (χ3v) is 6.02. The molecule has 3 aromatic heterocycles. The van der Waals surface area contributed by atoms with Crippen LogP contribution in [0.3, 0.4) is 0 Å². The summed E-state index contributed by atoms with van der Waals surface area (Å²) in [7, 11) is 0. The summed E-state index contributed by atoms with van der Waals surface area (Å²) < 4.78 is 37.5. The highest BCUT2D eigenvalue weighted by molar-refractivity contribution is 7.18. The van der Waals surface area contributed by atoms with Gasteiger partial charge in [-0.3, -0.25) is 0 Å². The molecular weight excluding hydrogens is 429 g/mol. The minimum atomic E-state index is -4.28. The first kappa shape index (κ1) is 21.8. The van der Waals surface area contributed by atoms with Crippen LogP contribution in [-0.4, -0.2) is 49.9 Å². The molecule has 0 radical (unpaired) electrons. The highest BCUT2D eigenvalue weighted by Gasteiger charge is 2.26. The van der Waals surface area contributed by atoms with Crippen LogP contribution < -0.4 is 10.6 Å². The van der Waals surface area contributed by atoms with Gasteiger partial charge >= 0.3 is 6.18 Å². The Morgan fingerprint density at radius 2 is 1.87 bits per heavy atom. The summed E-state index contributed by atoms with van der Waals surface area (Å²) in [4.78, 5) is 18.7. The van der Waals surface area contributed by atoms with Gasteiger partial charge in [0.05, 0.1) is 24.0 Å². The summed E-state index contributed by atoms with van der Waals surface area (Å²) in [5, 5.41) is 16.2. The molecule has 166 valence electrons. The smallest absolute Gasteiger partial charge is 0.393 e. The topological polar surface area (TPSA) is 95.8 Å². The summed E-state index contributed by atoms with van der Waals surface area (Å²) in [6.45, 7) is -1.10. The van der Waals surface area contributed by atoms with Crippen molar-refractivity contribution in [1.82, 2.24) is 25.3 Å². The Hall–Kier alpha value is -2.37. The van der Waals surface area contributed by atoms with Gasteiger partial charge in [0.25, 0.3) is 0 Å². The zero-order chi connectivity index (χ0) is 21.8. The van der Waals surface area contributed by atoms with E-state index in [4.69, 9.17) is 0 Å². The van der Waals surface area contributed by atoms with E-state index in [1.165, 1.54) is 11.3 Å². The number of anilines is 1. The van der Waals surface area contributed by atoms with Gasteiger partial charge in [-0.2, -0.15) is 13.2 Å². The van der Waals surface area contributed by atoms with Crippen LogP contribution in [0.1, 0.15) is 42.1 Å². The van der Waals surface area contributed by atoms with E-state index in [-0.39, 0.29) is 18.7 Å². The lowest BCUT2D eigenvalue weighted by Crippen LogP contribution is -2.30. The molecule has 0 spiro atoms. The van der Waals surface area contributed by atoms with Crippen molar-refractivity contribution in [3.8, 4) is 0 Å². The average molecular weight is 453 g/mol. The predicted octanol–water partition coefficient (Wildman–Crippen LogP) is 3.44. The Morgan fingerprint density at radius 3 is 2.61 bits per heavy atom. The van der Waals surface area contributed by atoms with E-state index in [1.807, 2.05) is 12.1 Å². The molecule has 0 amide bonds. The molecule has 1 fully saturated rings. The lowest BCUT2D eigenvalue weighted by molar-refractivity contribution is -0.125. The fourth-order valence-electron chi connectivity index (χ4n) is 3.58. The first-order chi connectivity index (χ1) is 14.8. The molecule has 31 heavy (non-hydrogen) atoms. The van der Waals surface area contributed by atoms with E-state index in [9.17, 15) is 18.3 Å². The lowest BCUT2D eigenvalue weighted by Gasteiger charge is -2.26. The molecule has 0 aliphatic heterocycles. The molecule has 11 heteroatoms. The number of pyridine rings is 1. The van der Waals surface area contributed by atoms with Gasteiger partial charge < -0.3 is 15.7 Å². The van der Waals surface area contributed by atoms with Crippen molar-refractivity contribution in [2.45, 2.75) is 57.0 Å². The van der Waals surface area contributed by atoms with Crippen molar-refractivity contribution in [3.63, 3.8) is 0 Å². The fourth-order valence-corrected chi connectivity index (χ4v) is 4.50. The number of hydrogen-bond donors (Lipinski definition) is 3. The van der Waals surface area contributed by atoms with Crippen LogP contribution in [0.25, 0.3) is 10.3 Å². The van der Waals surface area contributed by atoms with Gasteiger partial charge in [0.2, 0.25) is 5.95 Å². The molecule has 0 aromatic carbocycles. The highest BCUT2D eigenvalue weighted by Crippen LogP contribution is 2.24. The number of nitrogens with zero attached hydrogens (tertiary/aromatic N) is 4. The second-order valence-corrected chi connectivity index (χ2v) is 8.72. The average Bonchev–Trinajstić information content (AvgIpc) is 3.11. The molecule has 3 aromatic rings. The lowest BCUT2D eigenvalue weighted by atomic mass is 9.93. The number of thiazole rings is 1. The number of aromatic nitrogens is 4. The number of aliphatic hydroxyl groups excluding tert-OH is 1. The van der Waals surface area contributed by atoms with E-state index in [1.54, 1.807) is 12.3 Å².